The van der Waals surface area contributed by atoms with Crippen LogP contribution in [-0.2, 0) is 0 Å². The average Bonchev–Trinajstić information content (AvgIpc) is 3.49. The molecule has 0 amide bonds. The molecule has 2 aromatic carbocycles. The summed E-state index contributed by atoms with van der Waals surface area (Å²) in [5, 5.41) is 15.1. The van der Waals surface area contributed by atoms with Crippen molar-refractivity contribution in [2.24, 2.45) is 0 Å². The van der Waals surface area contributed by atoms with Crippen LogP contribution in [0.2, 0.25) is 0 Å². The summed E-state index contributed by atoms with van der Waals surface area (Å²) in [4.78, 5) is 17.4. The number of nitro groups is 1. The zero-order valence-corrected chi connectivity index (χ0v) is 19.1. The van der Waals surface area contributed by atoms with Crippen molar-refractivity contribution in [2.75, 3.05) is 12.0 Å². The van der Waals surface area contributed by atoms with E-state index in [1.807, 2.05) is 65.4 Å². The van der Waals surface area contributed by atoms with Crippen molar-refractivity contribution in [2.45, 2.75) is 12.1 Å². The fourth-order valence-electron chi connectivity index (χ4n) is 4.30. The van der Waals surface area contributed by atoms with Gasteiger partial charge in [0.05, 0.1) is 23.8 Å². The largest absolute Gasteiger partial charge is 0.497 e. The van der Waals surface area contributed by atoms with Gasteiger partial charge in [0.15, 0.2) is 5.11 Å². The third kappa shape index (κ3) is 3.86. The lowest BCUT2D eigenvalue weighted by Gasteiger charge is -2.29. The molecule has 2 atom stereocenters. The molecule has 4 aromatic rings. The zero-order valence-electron chi connectivity index (χ0n) is 18.2. The maximum Gasteiger partial charge on any atom is 0.269 e. The zero-order chi connectivity index (χ0) is 23.7. The van der Waals surface area contributed by atoms with Gasteiger partial charge >= 0.3 is 0 Å². The highest BCUT2D eigenvalue weighted by Crippen LogP contribution is 2.42. The third-order valence-electron chi connectivity index (χ3n) is 5.85. The smallest absolute Gasteiger partial charge is 0.269 e. The lowest BCUT2D eigenvalue weighted by Crippen LogP contribution is -2.30. The average molecular weight is 472 g/mol. The molecule has 3 heterocycles. The lowest BCUT2D eigenvalue weighted by atomic mass is 10.0. The second-order valence-electron chi connectivity index (χ2n) is 7.77. The van der Waals surface area contributed by atoms with Gasteiger partial charge in [-0.1, -0.05) is 12.1 Å². The van der Waals surface area contributed by atoms with Crippen LogP contribution in [0.15, 0.2) is 91.3 Å². The third-order valence-corrected chi connectivity index (χ3v) is 6.17. The van der Waals surface area contributed by atoms with Crippen molar-refractivity contribution in [3.63, 3.8) is 0 Å². The van der Waals surface area contributed by atoms with E-state index in [0.29, 0.717) is 5.11 Å². The lowest BCUT2D eigenvalue weighted by molar-refractivity contribution is -0.384. The summed E-state index contributed by atoms with van der Waals surface area (Å²) in [6.45, 7) is 0. The van der Waals surface area contributed by atoms with Gasteiger partial charge in [-0.25, -0.2) is 0 Å². The van der Waals surface area contributed by atoms with E-state index in [9.17, 15) is 10.1 Å². The highest BCUT2D eigenvalue weighted by atomic mass is 32.1. The van der Waals surface area contributed by atoms with Gasteiger partial charge in [-0.15, -0.1) is 0 Å². The second kappa shape index (κ2) is 8.95. The molecule has 0 spiro atoms. The molecule has 9 heteroatoms. The number of aromatic nitrogens is 2. The first-order valence-electron chi connectivity index (χ1n) is 10.6. The number of nitrogens with one attached hydrogen (secondary N) is 1. The van der Waals surface area contributed by atoms with Gasteiger partial charge in [0.1, 0.15) is 11.8 Å². The number of benzene rings is 2. The minimum atomic E-state index is -0.401. The summed E-state index contributed by atoms with van der Waals surface area (Å²) in [6, 6.07) is 23.6. The predicted molar refractivity (Wildman–Crippen MR) is 133 cm³/mol. The Morgan fingerprint density at radius 3 is 2.56 bits per heavy atom. The molecule has 34 heavy (non-hydrogen) atoms. The van der Waals surface area contributed by atoms with E-state index in [2.05, 4.69) is 15.2 Å². The standard InChI is InChI=1S/C25H21N5O3S/c1-33-20-7-4-6-19(16-20)29-24(23(27-25(29)34)21-8-2-3-14-26-21)22-9-5-15-28(22)17-10-12-18(13-11-17)30(31)32/h2-16,23-24H,1H3,(H,27,34)/t23-,24+/m1/s1. The highest BCUT2D eigenvalue weighted by Gasteiger charge is 2.42. The Kier molecular flexibility index (Phi) is 5.69. The number of methoxy groups -OCH3 is 1. The number of rotatable bonds is 6. The van der Waals surface area contributed by atoms with Crippen LogP contribution in [0.25, 0.3) is 5.69 Å². The molecule has 1 aliphatic rings. The van der Waals surface area contributed by atoms with Crippen LogP contribution in [0, 0.1) is 10.1 Å². The number of thiocarbonyl (C=S) groups is 1. The number of non-ortho nitro benzene ring substituents is 1. The Labute approximate surface area is 201 Å². The maximum atomic E-state index is 11.1. The van der Waals surface area contributed by atoms with Gasteiger partial charge in [0.25, 0.3) is 5.69 Å². The van der Waals surface area contributed by atoms with Crippen molar-refractivity contribution in [1.29, 1.82) is 0 Å². The molecule has 1 saturated heterocycles. The number of hydrogen-bond donors (Lipinski definition) is 1. The number of anilines is 1. The first-order valence-corrected chi connectivity index (χ1v) is 11.0. The highest BCUT2D eigenvalue weighted by molar-refractivity contribution is 7.80. The molecule has 0 unspecified atom stereocenters. The molecule has 0 radical (unpaired) electrons. The SMILES string of the molecule is COc1cccc(N2C(=S)N[C@H](c3ccccn3)[C@@H]2c2cccn2-c2ccc([N+](=O)[O-])cc2)c1. The Balaban J connectivity index is 1.64. The summed E-state index contributed by atoms with van der Waals surface area (Å²) in [7, 11) is 1.63. The van der Waals surface area contributed by atoms with Crippen molar-refractivity contribution >= 4 is 28.7 Å². The monoisotopic (exact) mass is 471 g/mol. The number of nitro benzene ring substituents is 1. The van der Waals surface area contributed by atoms with Crippen molar-refractivity contribution < 1.29 is 9.66 Å². The number of pyridine rings is 1. The van der Waals surface area contributed by atoms with E-state index in [1.165, 1.54) is 12.1 Å². The van der Waals surface area contributed by atoms with Gasteiger partial charge in [-0.05, 0) is 60.7 Å². The number of nitrogens with zero attached hydrogens (tertiary/aromatic N) is 4. The van der Waals surface area contributed by atoms with E-state index in [-0.39, 0.29) is 17.8 Å². The molecule has 1 aliphatic heterocycles. The molecule has 8 nitrogen and oxygen atoms in total. The fraction of sp³-hybridized carbons (Fsp3) is 0.120. The summed E-state index contributed by atoms with van der Waals surface area (Å²) in [5.41, 5.74) is 3.56. The number of hydrogen-bond acceptors (Lipinski definition) is 5. The van der Waals surface area contributed by atoms with E-state index < -0.39 is 4.92 Å². The van der Waals surface area contributed by atoms with Crippen LogP contribution in [-0.4, -0.2) is 26.7 Å². The molecule has 1 fully saturated rings. The van der Waals surface area contributed by atoms with Crippen molar-refractivity contribution in [3.8, 4) is 11.4 Å². The van der Waals surface area contributed by atoms with Gasteiger partial charge in [-0.3, -0.25) is 15.1 Å². The van der Waals surface area contributed by atoms with Crippen LogP contribution >= 0.6 is 12.2 Å². The van der Waals surface area contributed by atoms with Gasteiger partial charge < -0.3 is 19.5 Å². The molecular weight excluding hydrogens is 450 g/mol. The Morgan fingerprint density at radius 2 is 1.85 bits per heavy atom. The molecule has 0 bridgehead atoms. The van der Waals surface area contributed by atoms with Crippen molar-refractivity contribution in [3.05, 3.63) is 113 Å². The van der Waals surface area contributed by atoms with Crippen LogP contribution in [0.3, 0.4) is 0 Å². The molecule has 170 valence electrons. The predicted octanol–water partition coefficient (Wildman–Crippen LogP) is 4.97. The topological polar surface area (TPSA) is 85.5 Å². The summed E-state index contributed by atoms with van der Waals surface area (Å²) in [6.07, 6.45) is 3.71. The van der Waals surface area contributed by atoms with Crippen LogP contribution in [0.1, 0.15) is 23.5 Å². The van der Waals surface area contributed by atoms with Crippen LogP contribution < -0.4 is 15.0 Å². The van der Waals surface area contributed by atoms with E-state index >= 15 is 0 Å². The molecule has 0 aliphatic carbocycles. The number of ether oxygens (including phenoxy) is 1. The first-order chi connectivity index (χ1) is 16.6. The quantitative estimate of drug-likeness (QED) is 0.241. The minimum absolute atomic E-state index is 0.0468. The van der Waals surface area contributed by atoms with Gasteiger partial charge in [-0.2, -0.15) is 0 Å². The Bertz CT molecular complexity index is 1340. The van der Waals surface area contributed by atoms with Gasteiger partial charge in [0, 0.05) is 47.7 Å². The summed E-state index contributed by atoms with van der Waals surface area (Å²) >= 11 is 5.80. The Hall–Kier alpha value is -4.24. The van der Waals surface area contributed by atoms with Crippen LogP contribution in [0.4, 0.5) is 11.4 Å². The second-order valence-corrected chi connectivity index (χ2v) is 8.16. The van der Waals surface area contributed by atoms with Crippen LogP contribution in [0.5, 0.6) is 5.75 Å². The fourth-order valence-corrected chi connectivity index (χ4v) is 4.64. The first kappa shape index (κ1) is 21.6. The molecule has 2 aromatic heterocycles. The molecular formula is C25H21N5O3S. The summed E-state index contributed by atoms with van der Waals surface area (Å²) in [5.74, 6) is 0.728. The Morgan fingerprint density at radius 1 is 1.03 bits per heavy atom. The molecule has 5 rings (SSSR count). The normalized spacial score (nSPS) is 17.4. The van der Waals surface area contributed by atoms with E-state index in [0.717, 1.165) is 28.5 Å². The molecule has 1 N–H and O–H groups in total. The van der Waals surface area contributed by atoms with Gasteiger partial charge in [0.2, 0.25) is 0 Å². The summed E-state index contributed by atoms with van der Waals surface area (Å²) < 4.78 is 7.47. The van der Waals surface area contributed by atoms with E-state index in [1.54, 1.807) is 25.4 Å². The minimum Gasteiger partial charge on any atom is -0.497 e. The maximum absolute atomic E-state index is 11.1. The van der Waals surface area contributed by atoms with E-state index in [4.69, 9.17) is 17.0 Å². The van der Waals surface area contributed by atoms with Crippen molar-refractivity contribution in [1.82, 2.24) is 14.9 Å². The molecule has 0 saturated carbocycles.